The lowest BCUT2D eigenvalue weighted by atomic mass is 9.99. The molecule has 0 aliphatic heterocycles. The Kier molecular flexibility index (Phi) is 4.92. The highest BCUT2D eigenvalue weighted by Crippen LogP contribution is 2.47. The number of fused-ring (bicyclic) bond motifs is 1. The molecule has 3 aromatic rings. The predicted molar refractivity (Wildman–Crippen MR) is 117 cm³/mol. The average Bonchev–Trinajstić information content (AvgIpc) is 2.94. The highest BCUT2D eigenvalue weighted by atomic mass is 127. The molecule has 3 nitrogen and oxygen atoms in total. The maximum absolute atomic E-state index is 13.0. The Morgan fingerprint density at radius 3 is 2.19 bits per heavy atom. The van der Waals surface area contributed by atoms with Gasteiger partial charge in [0.15, 0.2) is 0 Å². The van der Waals surface area contributed by atoms with Gasteiger partial charge in [-0.1, -0.05) is 72.3 Å². The molecule has 1 aliphatic carbocycles. The fourth-order valence-electron chi connectivity index (χ4n) is 3.34. The maximum Gasteiger partial charge on any atom is 0.241 e. The quantitative estimate of drug-likeness (QED) is 0.513. The van der Waals surface area contributed by atoms with Crippen LogP contribution in [-0.4, -0.2) is 8.42 Å². The average molecular weight is 487 g/mol. The molecule has 1 unspecified atom stereocenters. The monoisotopic (exact) mass is 487 g/mol. The second kappa shape index (κ2) is 7.22. The number of hydrogen-bond acceptors (Lipinski definition) is 2. The van der Waals surface area contributed by atoms with Gasteiger partial charge in [-0.25, -0.2) is 8.42 Å². The summed E-state index contributed by atoms with van der Waals surface area (Å²) in [5.41, 5.74) is 5.26. The molecule has 0 saturated carbocycles. The molecule has 3 aromatic carbocycles. The van der Waals surface area contributed by atoms with E-state index in [2.05, 4.69) is 45.5 Å². The minimum atomic E-state index is -3.63. The molecular formula is C22H18INO2S. The zero-order valence-electron chi connectivity index (χ0n) is 14.7. The van der Waals surface area contributed by atoms with Crippen LogP contribution in [0.1, 0.15) is 28.3 Å². The summed E-state index contributed by atoms with van der Waals surface area (Å²) >= 11 is 2.27. The Bertz CT molecular complexity index is 1120. The van der Waals surface area contributed by atoms with Crippen molar-refractivity contribution in [3.05, 3.63) is 105 Å². The molecule has 0 amide bonds. The zero-order chi connectivity index (χ0) is 19.0. The lowest BCUT2D eigenvalue weighted by Crippen LogP contribution is -2.28. The van der Waals surface area contributed by atoms with E-state index in [4.69, 9.17) is 0 Å². The van der Waals surface area contributed by atoms with Crippen LogP contribution in [0.4, 0.5) is 0 Å². The molecule has 1 atom stereocenters. The van der Waals surface area contributed by atoms with E-state index in [9.17, 15) is 8.42 Å². The third-order valence-electron chi connectivity index (χ3n) is 4.70. The first-order chi connectivity index (χ1) is 13.0. The van der Waals surface area contributed by atoms with Crippen LogP contribution in [-0.2, 0) is 10.0 Å². The molecule has 5 heteroatoms. The molecule has 0 heterocycles. The maximum atomic E-state index is 13.0. The van der Waals surface area contributed by atoms with Crippen LogP contribution in [0.15, 0.2) is 87.3 Å². The summed E-state index contributed by atoms with van der Waals surface area (Å²) in [5.74, 6) is 0. The lowest BCUT2D eigenvalue weighted by Gasteiger charge is -2.16. The van der Waals surface area contributed by atoms with Crippen molar-refractivity contribution in [1.29, 1.82) is 0 Å². The number of sulfonamides is 1. The first-order valence-electron chi connectivity index (χ1n) is 8.61. The van der Waals surface area contributed by atoms with Crippen LogP contribution in [0.2, 0.25) is 0 Å². The van der Waals surface area contributed by atoms with Gasteiger partial charge in [-0.2, -0.15) is 4.72 Å². The van der Waals surface area contributed by atoms with Gasteiger partial charge in [0.1, 0.15) is 0 Å². The van der Waals surface area contributed by atoms with Crippen molar-refractivity contribution in [2.75, 3.05) is 0 Å². The molecule has 1 N–H and O–H groups in total. The van der Waals surface area contributed by atoms with Gasteiger partial charge in [-0.05, 0) is 58.3 Å². The summed E-state index contributed by atoms with van der Waals surface area (Å²) in [5, 5.41) is 0. The number of aryl methyl sites for hydroxylation is 1. The molecule has 136 valence electrons. The number of nitrogens with one attached hydrogen (secondary N) is 1. The van der Waals surface area contributed by atoms with Gasteiger partial charge in [0.2, 0.25) is 10.0 Å². The number of halogens is 1. The van der Waals surface area contributed by atoms with Gasteiger partial charge in [-0.3, -0.25) is 0 Å². The standard InChI is InChI=1S/C22H18INO2S/c1-15-11-13-17(14-12-15)27(25,26)24-22-19-10-6-5-9-18(19)20(21(22)23)16-7-3-2-4-8-16/h2-14,22,24H,1H3. The molecular weight excluding hydrogens is 469 g/mol. The Morgan fingerprint density at radius 2 is 1.48 bits per heavy atom. The molecule has 0 aromatic heterocycles. The summed E-state index contributed by atoms with van der Waals surface area (Å²) in [4.78, 5) is 0.281. The number of rotatable bonds is 4. The smallest absolute Gasteiger partial charge is 0.207 e. The second-order valence-corrected chi connectivity index (χ2v) is 9.42. The Labute approximate surface area is 173 Å². The molecule has 27 heavy (non-hydrogen) atoms. The van der Waals surface area contributed by atoms with E-state index in [1.165, 1.54) is 0 Å². The van der Waals surface area contributed by atoms with Crippen molar-refractivity contribution >= 4 is 38.2 Å². The Morgan fingerprint density at radius 1 is 0.852 bits per heavy atom. The minimum absolute atomic E-state index is 0.281. The number of hydrogen-bond donors (Lipinski definition) is 1. The summed E-state index contributed by atoms with van der Waals surface area (Å²) in [6.07, 6.45) is 0. The molecule has 0 radical (unpaired) electrons. The van der Waals surface area contributed by atoms with E-state index in [0.717, 1.165) is 31.4 Å². The molecule has 1 aliphatic rings. The van der Waals surface area contributed by atoms with E-state index >= 15 is 0 Å². The van der Waals surface area contributed by atoms with Crippen molar-refractivity contribution in [1.82, 2.24) is 4.72 Å². The molecule has 0 saturated heterocycles. The Balaban J connectivity index is 1.79. The summed E-state index contributed by atoms with van der Waals surface area (Å²) in [6, 6.07) is 24.6. The third-order valence-corrected chi connectivity index (χ3v) is 7.30. The fourth-order valence-corrected chi connectivity index (χ4v) is 5.83. The van der Waals surface area contributed by atoms with Crippen LogP contribution >= 0.6 is 22.6 Å². The van der Waals surface area contributed by atoms with E-state index in [0.29, 0.717) is 0 Å². The van der Waals surface area contributed by atoms with Crippen LogP contribution in [0.5, 0.6) is 0 Å². The number of benzene rings is 3. The molecule has 0 spiro atoms. The fraction of sp³-hybridized carbons (Fsp3) is 0.0909. The van der Waals surface area contributed by atoms with Crippen molar-refractivity contribution in [2.24, 2.45) is 0 Å². The zero-order valence-corrected chi connectivity index (χ0v) is 17.7. The van der Waals surface area contributed by atoms with Crippen molar-refractivity contribution < 1.29 is 8.42 Å². The van der Waals surface area contributed by atoms with Gasteiger partial charge in [0.25, 0.3) is 0 Å². The van der Waals surface area contributed by atoms with Crippen LogP contribution in [0.25, 0.3) is 5.57 Å². The normalized spacial score (nSPS) is 16.4. The topological polar surface area (TPSA) is 46.2 Å². The lowest BCUT2D eigenvalue weighted by molar-refractivity contribution is 0.575. The van der Waals surface area contributed by atoms with Gasteiger partial charge >= 0.3 is 0 Å². The first kappa shape index (κ1) is 18.4. The van der Waals surface area contributed by atoms with Crippen LogP contribution in [0, 0.1) is 6.92 Å². The summed E-state index contributed by atoms with van der Waals surface area (Å²) < 4.78 is 29.8. The summed E-state index contributed by atoms with van der Waals surface area (Å²) in [6.45, 7) is 1.94. The van der Waals surface area contributed by atoms with Crippen molar-refractivity contribution in [3.8, 4) is 0 Å². The van der Waals surface area contributed by atoms with Gasteiger partial charge in [0.05, 0.1) is 10.9 Å². The molecule has 0 bridgehead atoms. The molecule has 4 rings (SSSR count). The molecule has 0 fully saturated rings. The van der Waals surface area contributed by atoms with E-state index in [1.54, 1.807) is 12.1 Å². The van der Waals surface area contributed by atoms with E-state index in [-0.39, 0.29) is 10.9 Å². The van der Waals surface area contributed by atoms with Crippen molar-refractivity contribution in [2.45, 2.75) is 17.9 Å². The highest BCUT2D eigenvalue weighted by molar-refractivity contribution is 14.1. The SMILES string of the molecule is Cc1ccc(S(=O)(=O)NC2C(I)=C(c3ccccc3)c3ccccc32)cc1. The van der Waals surface area contributed by atoms with E-state index < -0.39 is 10.0 Å². The summed E-state index contributed by atoms with van der Waals surface area (Å²) in [7, 11) is -3.63. The van der Waals surface area contributed by atoms with Gasteiger partial charge in [0, 0.05) is 9.15 Å². The van der Waals surface area contributed by atoms with Crippen LogP contribution < -0.4 is 4.72 Å². The minimum Gasteiger partial charge on any atom is -0.207 e. The third kappa shape index (κ3) is 3.47. The van der Waals surface area contributed by atoms with Crippen LogP contribution in [0.3, 0.4) is 0 Å². The largest absolute Gasteiger partial charge is 0.241 e. The second-order valence-electron chi connectivity index (χ2n) is 6.54. The van der Waals surface area contributed by atoms with Gasteiger partial charge < -0.3 is 0 Å². The van der Waals surface area contributed by atoms with Gasteiger partial charge in [-0.15, -0.1) is 0 Å². The Hall–Kier alpha value is -1.96. The predicted octanol–water partition coefficient (Wildman–Crippen LogP) is 5.22. The first-order valence-corrected chi connectivity index (χ1v) is 11.2. The van der Waals surface area contributed by atoms with Crippen molar-refractivity contribution in [3.63, 3.8) is 0 Å². The van der Waals surface area contributed by atoms with E-state index in [1.807, 2.05) is 55.5 Å². The highest BCUT2D eigenvalue weighted by Gasteiger charge is 2.33.